The molecule has 0 fully saturated rings. The molecule has 4 aromatic heterocycles. The summed E-state index contributed by atoms with van der Waals surface area (Å²) in [6.07, 6.45) is 11.3. The van der Waals surface area contributed by atoms with Crippen LogP contribution in [0.3, 0.4) is 0 Å². The lowest BCUT2D eigenvalue weighted by molar-refractivity contribution is 0.0769. The fourth-order valence-corrected chi connectivity index (χ4v) is 10.3. The molecule has 0 amide bonds. The van der Waals surface area contributed by atoms with Gasteiger partial charge in [0.2, 0.25) is 0 Å². The van der Waals surface area contributed by atoms with Gasteiger partial charge in [0.1, 0.15) is 11.2 Å². The summed E-state index contributed by atoms with van der Waals surface area (Å²) in [5.41, 5.74) is 16.5. The molecule has 2 unspecified atom stereocenters. The van der Waals surface area contributed by atoms with E-state index in [1.165, 1.54) is 0 Å². The zero-order chi connectivity index (χ0) is 49.7. The Hall–Kier alpha value is -10.1. The van der Waals surface area contributed by atoms with Crippen molar-refractivity contribution in [2.24, 2.45) is 0 Å². The van der Waals surface area contributed by atoms with Gasteiger partial charge in [-0.2, -0.15) is 0 Å². The van der Waals surface area contributed by atoms with Gasteiger partial charge < -0.3 is 13.9 Å². The van der Waals surface area contributed by atoms with E-state index in [-0.39, 0.29) is 12.2 Å². The van der Waals surface area contributed by atoms with Gasteiger partial charge >= 0.3 is 0 Å². The highest BCUT2D eigenvalue weighted by Gasteiger charge is 2.33. The Kier molecular flexibility index (Phi) is 10.8. The fourth-order valence-electron chi connectivity index (χ4n) is 10.3. The lowest BCUT2D eigenvalue weighted by atomic mass is 9.93. The van der Waals surface area contributed by atoms with Gasteiger partial charge in [0.15, 0.2) is 41.2 Å². The normalized spacial score (nSPS) is 14.5. The van der Waals surface area contributed by atoms with Crippen molar-refractivity contribution in [2.75, 3.05) is 0 Å². The first-order valence-corrected chi connectivity index (χ1v) is 25.0. The van der Waals surface area contributed by atoms with E-state index in [9.17, 15) is 0 Å². The van der Waals surface area contributed by atoms with Gasteiger partial charge in [0.25, 0.3) is 0 Å². The molecular weight excluding hydrogens is 923 g/mol. The number of para-hydroxylation sites is 1. The van der Waals surface area contributed by atoms with Crippen LogP contribution in [0.4, 0.5) is 0 Å². The maximum Gasteiger partial charge on any atom is 0.170 e. The van der Waals surface area contributed by atoms with Crippen LogP contribution in [0.15, 0.2) is 253 Å². The number of hydrogen-bond acceptors (Lipinski definition) is 8. The summed E-state index contributed by atoms with van der Waals surface area (Å²) in [7, 11) is 0. The summed E-state index contributed by atoms with van der Waals surface area (Å²) in [5.74, 6) is 3.14. The molecule has 2 aliphatic rings. The van der Waals surface area contributed by atoms with Gasteiger partial charge in [-0.1, -0.05) is 158 Å². The third kappa shape index (κ3) is 8.21. The number of allylic oxidation sites excluding steroid dienone is 2. The van der Waals surface area contributed by atoms with Crippen LogP contribution in [0.5, 0.6) is 11.5 Å². The highest BCUT2D eigenvalue weighted by atomic mass is 16.6. The van der Waals surface area contributed by atoms with Crippen LogP contribution >= 0.6 is 0 Å². The number of hydrogen-bond donors (Lipinski definition) is 0. The zero-order valence-electron chi connectivity index (χ0n) is 40.3. The third-order valence-electron chi connectivity index (χ3n) is 14.0. The van der Waals surface area contributed by atoms with E-state index < -0.39 is 0 Å². The highest BCUT2D eigenvalue weighted by Crippen LogP contribution is 2.49. The minimum absolute atomic E-state index is 0.260. The highest BCUT2D eigenvalue weighted by molar-refractivity contribution is 6.11. The minimum Gasteiger partial charge on any atom is -0.478 e. The first kappa shape index (κ1) is 43.7. The van der Waals surface area contributed by atoms with Crippen molar-refractivity contribution in [1.82, 2.24) is 24.9 Å². The Labute approximate surface area is 432 Å². The molecular formula is C67H43N5O3. The van der Waals surface area contributed by atoms with Crippen LogP contribution in [0.25, 0.3) is 123 Å². The smallest absolute Gasteiger partial charge is 0.170 e. The van der Waals surface area contributed by atoms with Gasteiger partial charge in [-0.3, -0.25) is 9.97 Å². The lowest BCUT2D eigenvalue weighted by Crippen LogP contribution is -2.38. The van der Waals surface area contributed by atoms with Gasteiger partial charge in [-0.25, -0.2) is 15.0 Å². The Morgan fingerprint density at radius 3 is 1.36 bits per heavy atom. The van der Waals surface area contributed by atoms with Gasteiger partial charge in [0, 0.05) is 62.1 Å². The summed E-state index contributed by atoms with van der Waals surface area (Å²) < 4.78 is 20.0. The maximum atomic E-state index is 6.88. The molecule has 8 heteroatoms. The summed E-state index contributed by atoms with van der Waals surface area (Å²) >= 11 is 0. The topological polar surface area (TPSA) is 96.1 Å². The van der Waals surface area contributed by atoms with Gasteiger partial charge in [0.05, 0.1) is 11.4 Å². The molecule has 75 heavy (non-hydrogen) atoms. The molecule has 12 aromatic rings. The lowest BCUT2D eigenvalue weighted by Gasteiger charge is -2.34. The summed E-state index contributed by atoms with van der Waals surface area (Å²) in [5, 5.41) is 1.98. The molecule has 0 saturated heterocycles. The summed E-state index contributed by atoms with van der Waals surface area (Å²) in [6.45, 7) is 0. The second-order valence-corrected chi connectivity index (χ2v) is 18.7. The van der Waals surface area contributed by atoms with Crippen molar-refractivity contribution >= 4 is 21.9 Å². The molecule has 8 aromatic carbocycles. The number of ether oxygens (including phenoxy) is 2. The first-order valence-electron chi connectivity index (χ1n) is 25.0. The molecule has 0 bridgehead atoms. The molecule has 2 atom stereocenters. The molecule has 0 saturated carbocycles. The van der Waals surface area contributed by atoms with E-state index in [1.54, 1.807) is 0 Å². The maximum absolute atomic E-state index is 6.88. The van der Waals surface area contributed by atoms with Crippen LogP contribution in [-0.2, 0) is 0 Å². The van der Waals surface area contributed by atoms with E-state index >= 15 is 0 Å². The van der Waals surface area contributed by atoms with Crippen LogP contribution in [-0.4, -0.2) is 37.1 Å². The number of aromatic nitrogens is 5. The largest absolute Gasteiger partial charge is 0.478 e. The minimum atomic E-state index is -0.267. The van der Waals surface area contributed by atoms with Gasteiger partial charge in [-0.15, -0.1) is 0 Å². The standard InChI is InChI=1S/C67H43N5O3/c1-2-13-47(14-3-1)65-70-66(72-67(71-65)55-16-12-22-61-62(55)54-15-4-5-19-58(54)73-61)48-33-31-46(32-34-48)53-36-35-52(63-64(53)75-60-21-7-6-20-59(60)74-63)45-29-27-43(28-30-45)42-23-25-44(26-24-42)49-39-50(56-17-8-10-37-68-56)41-51(40-49)57-18-9-11-38-69-57/h1-41,59-60H. The number of furan rings is 1. The predicted octanol–water partition coefficient (Wildman–Crippen LogP) is 16.2. The molecule has 5 heterocycles. The number of pyridine rings is 2. The first-order chi connectivity index (χ1) is 37.1. The van der Waals surface area contributed by atoms with Crippen LogP contribution in [0, 0.1) is 0 Å². The van der Waals surface area contributed by atoms with Crippen molar-refractivity contribution in [3.05, 3.63) is 249 Å². The van der Waals surface area contributed by atoms with Crippen LogP contribution in [0.2, 0.25) is 0 Å². The Morgan fingerprint density at radius 1 is 0.320 bits per heavy atom. The van der Waals surface area contributed by atoms with Crippen LogP contribution < -0.4 is 9.47 Å². The molecule has 1 aliphatic heterocycles. The summed E-state index contributed by atoms with van der Waals surface area (Å²) in [6, 6.07) is 72.7. The van der Waals surface area contributed by atoms with Crippen molar-refractivity contribution < 1.29 is 13.9 Å². The van der Waals surface area contributed by atoms with E-state index in [0.29, 0.717) is 29.0 Å². The Balaban J connectivity index is 0.785. The van der Waals surface area contributed by atoms with Gasteiger partial charge in [-0.05, 0) is 112 Å². The molecule has 0 N–H and O–H groups in total. The molecule has 14 rings (SSSR count). The number of nitrogens with zero attached hydrogens (tertiary/aromatic N) is 5. The van der Waals surface area contributed by atoms with Crippen molar-refractivity contribution in [3.8, 4) is 113 Å². The average Bonchev–Trinajstić information content (AvgIpc) is 3.88. The molecule has 0 spiro atoms. The molecule has 0 radical (unpaired) electrons. The molecule has 354 valence electrons. The van der Waals surface area contributed by atoms with Crippen molar-refractivity contribution in [2.45, 2.75) is 12.2 Å². The third-order valence-corrected chi connectivity index (χ3v) is 14.0. The predicted molar refractivity (Wildman–Crippen MR) is 299 cm³/mol. The Morgan fingerprint density at radius 2 is 0.787 bits per heavy atom. The monoisotopic (exact) mass is 965 g/mol. The van der Waals surface area contributed by atoms with Crippen molar-refractivity contribution in [3.63, 3.8) is 0 Å². The average molecular weight is 966 g/mol. The zero-order valence-corrected chi connectivity index (χ0v) is 40.3. The summed E-state index contributed by atoms with van der Waals surface area (Å²) in [4.78, 5) is 24.6. The van der Waals surface area contributed by atoms with E-state index in [2.05, 4.69) is 137 Å². The molecule has 1 aliphatic carbocycles. The number of benzene rings is 8. The fraction of sp³-hybridized carbons (Fsp3) is 0.0299. The number of rotatable bonds is 9. The van der Waals surface area contributed by atoms with E-state index in [4.69, 9.17) is 28.8 Å². The second kappa shape index (κ2) is 18.5. The second-order valence-electron chi connectivity index (χ2n) is 18.7. The van der Waals surface area contributed by atoms with E-state index in [1.807, 2.05) is 122 Å². The van der Waals surface area contributed by atoms with Crippen LogP contribution in [0.1, 0.15) is 0 Å². The van der Waals surface area contributed by atoms with Crippen molar-refractivity contribution in [1.29, 1.82) is 0 Å². The molecule has 8 nitrogen and oxygen atoms in total. The Bertz CT molecular complexity index is 4100. The van der Waals surface area contributed by atoms with E-state index in [0.717, 1.165) is 106 Å². The quantitative estimate of drug-likeness (QED) is 0.141. The number of fused-ring (bicyclic) bond motifs is 5. The SMILES string of the molecule is C1=CC2Oc3c(-c4ccc(-c5ccc(-c6cc(-c7ccccn7)cc(-c7ccccn7)c6)cc5)cc4)ccc(-c4ccc(-c5nc(-c6ccccc6)nc(-c6cccc7oc8ccccc8c67)n5)cc4)c3OC2C=C1.